The second kappa shape index (κ2) is 6.85. The molecule has 3 heterocycles. The Kier molecular flexibility index (Phi) is 4.24. The number of carbonyl (C=O) groups is 1. The van der Waals surface area contributed by atoms with Crippen LogP contribution in [0.4, 0.5) is 5.13 Å². The second-order valence-electron chi connectivity index (χ2n) is 5.31. The number of nitrogens with zero attached hydrogens (tertiary/aromatic N) is 4. The highest BCUT2D eigenvalue weighted by atomic mass is 32.1. The monoisotopic (exact) mass is 363 g/mol. The van der Waals surface area contributed by atoms with Crippen molar-refractivity contribution < 1.29 is 9.53 Å². The number of carbonyl (C=O) groups excluding carboxylic acids is 1. The van der Waals surface area contributed by atoms with Crippen LogP contribution in [0.1, 0.15) is 10.4 Å². The molecule has 0 atom stereocenters. The van der Waals surface area contributed by atoms with Gasteiger partial charge >= 0.3 is 0 Å². The zero-order valence-electron chi connectivity index (χ0n) is 13.7. The van der Waals surface area contributed by atoms with Crippen LogP contribution in [0.5, 0.6) is 5.75 Å². The van der Waals surface area contributed by atoms with Gasteiger partial charge in [0.1, 0.15) is 22.4 Å². The van der Waals surface area contributed by atoms with E-state index < -0.39 is 0 Å². The average Bonchev–Trinajstić information content (AvgIpc) is 3.10. The average molecular weight is 363 g/mol. The minimum Gasteiger partial charge on any atom is -0.496 e. The van der Waals surface area contributed by atoms with Gasteiger partial charge in [0.2, 0.25) is 0 Å². The van der Waals surface area contributed by atoms with Crippen LogP contribution in [0, 0.1) is 0 Å². The van der Waals surface area contributed by atoms with Crippen LogP contribution >= 0.6 is 11.3 Å². The molecule has 0 radical (unpaired) electrons. The van der Waals surface area contributed by atoms with Crippen LogP contribution in [0.15, 0.2) is 55.2 Å². The van der Waals surface area contributed by atoms with Gasteiger partial charge in [-0.25, -0.2) is 15.0 Å². The van der Waals surface area contributed by atoms with Gasteiger partial charge in [-0.2, -0.15) is 0 Å². The number of thiazole rings is 1. The van der Waals surface area contributed by atoms with Crippen molar-refractivity contribution in [1.82, 2.24) is 19.9 Å². The highest BCUT2D eigenvalue weighted by molar-refractivity contribution is 7.21. The lowest BCUT2D eigenvalue weighted by atomic mass is 10.0. The number of aromatic nitrogens is 4. The number of benzene rings is 1. The molecule has 7 nitrogen and oxygen atoms in total. The molecule has 0 aliphatic rings. The summed E-state index contributed by atoms with van der Waals surface area (Å²) in [7, 11) is 1.59. The quantitative estimate of drug-likeness (QED) is 0.598. The molecule has 0 bridgehead atoms. The van der Waals surface area contributed by atoms with Gasteiger partial charge in [-0.05, 0) is 12.1 Å². The molecule has 4 rings (SSSR count). The number of rotatable bonds is 4. The lowest BCUT2D eigenvalue weighted by Crippen LogP contribution is -2.13. The number of methoxy groups -OCH3 is 1. The predicted molar refractivity (Wildman–Crippen MR) is 99.4 cm³/mol. The molecule has 8 heteroatoms. The molecular formula is C18H13N5O2S. The fraction of sp³-hybridized carbons (Fsp3) is 0.0556. The van der Waals surface area contributed by atoms with Gasteiger partial charge in [-0.15, -0.1) is 0 Å². The van der Waals surface area contributed by atoms with Gasteiger partial charge in [0.15, 0.2) is 5.13 Å². The number of nitrogens with one attached hydrogen (secondary N) is 1. The highest BCUT2D eigenvalue weighted by Crippen LogP contribution is 2.32. The second-order valence-corrected chi connectivity index (χ2v) is 6.29. The fourth-order valence-corrected chi connectivity index (χ4v) is 3.36. The van der Waals surface area contributed by atoms with Gasteiger partial charge in [0.05, 0.1) is 18.9 Å². The molecule has 128 valence electrons. The third-order valence-electron chi connectivity index (χ3n) is 3.76. The Balaban J connectivity index is 1.70. The van der Waals surface area contributed by atoms with E-state index >= 15 is 0 Å². The molecule has 3 aromatic heterocycles. The van der Waals surface area contributed by atoms with E-state index in [0.717, 1.165) is 10.4 Å². The molecule has 0 fully saturated rings. The van der Waals surface area contributed by atoms with Gasteiger partial charge in [-0.3, -0.25) is 15.1 Å². The summed E-state index contributed by atoms with van der Waals surface area (Å²) in [5, 5.41) is 3.29. The van der Waals surface area contributed by atoms with Crippen molar-refractivity contribution in [1.29, 1.82) is 0 Å². The number of anilines is 1. The minimum absolute atomic E-state index is 0.277. The van der Waals surface area contributed by atoms with Crippen molar-refractivity contribution in [2.24, 2.45) is 0 Å². The molecular weight excluding hydrogens is 350 g/mol. The number of hydrogen-bond donors (Lipinski definition) is 1. The summed E-state index contributed by atoms with van der Waals surface area (Å²) >= 11 is 1.30. The largest absolute Gasteiger partial charge is 0.496 e. The van der Waals surface area contributed by atoms with Gasteiger partial charge in [0.25, 0.3) is 5.91 Å². The minimum atomic E-state index is -0.277. The van der Waals surface area contributed by atoms with Crippen LogP contribution in [-0.4, -0.2) is 33.0 Å². The first-order valence-corrected chi connectivity index (χ1v) is 8.53. The third-order valence-corrected chi connectivity index (χ3v) is 4.65. The Bertz CT molecular complexity index is 1060. The first kappa shape index (κ1) is 16.1. The molecule has 0 aliphatic carbocycles. The van der Waals surface area contributed by atoms with Crippen LogP contribution in [0.2, 0.25) is 0 Å². The van der Waals surface area contributed by atoms with E-state index in [4.69, 9.17) is 4.74 Å². The highest BCUT2D eigenvalue weighted by Gasteiger charge is 2.17. The fourth-order valence-electron chi connectivity index (χ4n) is 2.58. The Hall–Kier alpha value is -3.39. The van der Waals surface area contributed by atoms with E-state index in [1.807, 2.05) is 24.3 Å². The molecule has 0 unspecified atom stereocenters. The van der Waals surface area contributed by atoms with Gasteiger partial charge < -0.3 is 4.74 Å². The number of amides is 1. The molecule has 0 saturated carbocycles. The van der Waals surface area contributed by atoms with Gasteiger partial charge in [0, 0.05) is 23.5 Å². The summed E-state index contributed by atoms with van der Waals surface area (Å²) in [6.45, 7) is 0. The number of hydrogen-bond acceptors (Lipinski definition) is 7. The van der Waals surface area contributed by atoms with E-state index in [1.165, 1.54) is 17.7 Å². The molecule has 0 spiro atoms. The first-order valence-electron chi connectivity index (χ1n) is 7.71. The van der Waals surface area contributed by atoms with E-state index in [0.29, 0.717) is 27.5 Å². The van der Waals surface area contributed by atoms with E-state index in [1.54, 1.807) is 31.8 Å². The Morgan fingerprint density at radius 1 is 1.12 bits per heavy atom. The molecule has 1 N–H and O–H groups in total. The van der Waals surface area contributed by atoms with Crippen LogP contribution in [0.3, 0.4) is 0 Å². The summed E-state index contributed by atoms with van der Waals surface area (Å²) in [6, 6.07) is 9.17. The standard InChI is InChI=1S/C18H13N5O2S/c1-25-15-5-3-2-4-11(15)13-8-19-7-6-12(13)16(24)23-18-22-14-9-20-10-21-17(14)26-18/h2-10H,1H3,(H,22,23,24). The normalized spacial score (nSPS) is 10.7. The van der Waals surface area contributed by atoms with Crippen molar-refractivity contribution in [2.75, 3.05) is 12.4 Å². The summed E-state index contributed by atoms with van der Waals surface area (Å²) in [5.74, 6) is 0.394. The number of pyridine rings is 1. The van der Waals surface area contributed by atoms with Crippen molar-refractivity contribution >= 4 is 32.7 Å². The molecule has 0 aliphatic heterocycles. The van der Waals surface area contributed by atoms with Crippen molar-refractivity contribution in [3.63, 3.8) is 0 Å². The molecule has 1 aromatic carbocycles. The van der Waals surface area contributed by atoms with Crippen molar-refractivity contribution in [2.45, 2.75) is 0 Å². The molecule has 4 aromatic rings. The summed E-state index contributed by atoms with van der Waals surface area (Å²) in [5.41, 5.74) is 2.61. The van der Waals surface area contributed by atoms with E-state index in [9.17, 15) is 4.79 Å². The summed E-state index contributed by atoms with van der Waals surface area (Å²) in [6.07, 6.45) is 6.30. The Morgan fingerprint density at radius 3 is 2.85 bits per heavy atom. The molecule has 26 heavy (non-hydrogen) atoms. The number of fused-ring (bicyclic) bond motifs is 1. The molecule has 1 amide bonds. The lowest BCUT2D eigenvalue weighted by molar-refractivity contribution is 0.102. The van der Waals surface area contributed by atoms with Crippen molar-refractivity contribution in [3.8, 4) is 16.9 Å². The molecule has 0 saturated heterocycles. The Labute approximate surface area is 152 Å². The maximum absolute atomic E-state index is 12.8. The summed E-state index contributed by atoms with van der Waals surface area (Å²) < 4.78 is 5.41. The number of ether oxygens (including phenoxy) is 1. The smallest absolute Gasteiger partial charge is 0.258 e. The first-order chi connectivity index (χ1) is 12.8. The summed E-state index contributed by atoms with van der Waals surface area (Å²) in [4.78, 5) is 30.1. The maximum atomic E-state index is 12.8. The predicted octanol–water partition coefficient (Wildman–Crippen LogP) is 3.41. The SMILES string of the molecule is COc1ccccc1-c1cnccc1C(=O)Nc1nc2cncnc2s1. The van der Waals surface area contributed by atoms with Gasteiger partial charge in [-0.1, -0.05) is 29.5 Å². The van der Waals surface area contributed by atoms with Crippen LogP contribution in [-0.2, 0) is 0 Å². The van der Waals surface area contributed by atoms with Crippen molar-refractivity contribution in [3.05, 3.63) is 60.8 Å². The Morgan fingerprint density at radius 2 is 2.00 bits per heavy atom. The van der Waals surface area contributed by atoms with Crippen LogP contribution < -0.4 is 10.1 Å². The third kappa shape index (κ3) is 2.98. The van der Waals surface area contributed by atoms with Crippen LogP contribution in [0.25, 0.3) is 21.5 Å². The van der Waals surface area contributed by atoms with E-state index in [-0.39, 0.29) is 5.91 Å². The zero-order chi connectivity index (χ0) is 17.9. The topological polar surface area (TPSA) is 89.9 Å². The van der Waals surface area contributed by atoms with E-state index in [2.05, 4.69) is 25.3 Å². The maximum Gasteiger partial charge on any atom is 0.258 e. The lowest BCUT2D eigenvalue weighted by Gasteiger charge is -2.11. The zero-order valence-corrected chi connectivity index (χ0v) is 14.5. The number of para-hydroxylation sites is 1.